The van der Waals surface area contributed by atoms with Crippen molar-refractivity contribution in [2.24, 2.45) is 5.73 Å². The Bertz CT molecular complexity index is 55.5. The van der Waals surface area contributed by atoms with E-state index >= 15 is 0 Å². The molecule has 0 aliphatic heterocycles. The van der Waals surface area contributed by atoms with Crippen LogP contribution in [0.3, 0.4) is 0 Å². The second-order valence-corrected chi connectivity index (χ2v) is 2.02. The first-order valence-corrected chi connectivity index (χ1v) is 3.00. The quantitative estimate of drug-likeness (QED) is 0.476. The van der Waals surface area contributed by atoms with Gasteiger partial charge in [-0.15, -0.1) is 0 Å². The molecule has 0 saturated heterocycles. The molecule has 1 atom stereocenters. The minimum absolute atomic E-state index is 0.218. The lowest BCUT2D eigenvalue weighted by Crippen LogP contribution is -2.00. The Labute approximate surface area is 37.0 Å². The van der Waals surface area contributed by atoms with Crippen LogP contribution in [0.2, 0.25) is 0 Å². The fraction of sp³-hybridized carbons (Fsp3) is 1.00. The predicted molar refractivity (Wildman–Crippen MR) is 23.7 cm³/mol. The molecule has 3 N–H and O–H groups in total. The van der Waals surface area contributed by atoms with Gasteiger partial charge in [-0.1, -0.05) is 0 Å². The lowest BCUT2D eigenvalue weighted by Gasteiger charge is -1.67. The smallest absolute Gasteiger partial charge is 0.327 e. The maximum Gasteiger partial charge on any atom is 0.506 e. The summed E-state index contributed by atoms with van der Waals surface area (Å²) in [6, 6.07) is 0. The molecule has 0 aliphatic carbocycles. The molecular weight excluding hydrogens is 101 g/mol. The van der Waals surface area contributed by atoms with Gasteiger partial charge in [-0.05, 0) is 4.57 Å². The van der Waals surface area contributed by atoms with Gasteiger partial charge in [-0.25, -0.2) is 0 Å². The van der Waals surface area contributed by atoms with E-state index in [1.807, 2.05) is 0 Å². The first-order valence-electron chi connectivity index (χ1n) is 1.61. The summed E-state index contributed by atoms with van der Waals surface area (Å²) in [5.41, 5.74) is 4.89. The maximum atomic E-state index is 9.67. The molecule has 0 fully saturated rings. The third-order valence-corrected chi connectivity index (χ3v) is 0.961. The van der Waals surface area contributed by atoms with Gasteiger partial charge < -0.3 is 5.73 Å². The number of nitrogens with two attached hydrogens (primary N) is 1. The van der Waals surface area contributed by atoms with Crippen LogP contribution in [-0.4, -0.2) is 17.6 Å². The zero-order valence-electron chi connectivity index (χ0n) is 3.29. The van der Waals surface area contributed by atoms with Crippen LogP contribution in [0, 0.1) is 0 Å². The van der Waals surface area contributed by atoms with Gasteiger partial charge in [0.15, 0.2) is 6.16 Å². The monoisotopic (exact) mass is 108 g/mol. The molecule has 0 saturated carbocycles. The fourth-order valence-corrected chi connectivity index (χ4v) is 0.331. The SMILES string of the molecule is NCC[P+](=O)O. The van der Waals surface area contributed by atoms with Crippen molar-refractivity contribution in [1.29, 1.82) is 0 Å². The van der Waals surface area contributed by atoms with Gasteiger partial charge in [0.1, 0.15) is 0 Å². The molecule has 0 radical (unpaired) electrons. The van der Waals surface area contributed by atoms with Crippen LogP contribution >= 0.6 is 8.03 Å². The Kier molecular flexibility index (Phi) is 3.23. The summed E-state index contributed by atoms with van der Waals surface area (Å²) in [5, 5.41) is 0. The topological polar surface area (TPSA) is 63.3 Å². The summed E-state index contributed by atoms with van der Waals surface area (Å²) < 4.78 is 9.67. The van der Waals surface area contributed by atoms with E-state index in [2.05, 4.69) is 0 Å². The van der Waals surface area contributed by atoms with Gasteiger partial charge >= 0.3 is 8.03 Å². The van der Waals surface area contributed by atoms with E-state index in [0.717, 1.165) is 0 Å². The molecule has 4 heteroatoms. The summed E-state index contributed by atoms with van der Waals surface area (Å²) >= 11 is 0. The van der Waals surface area contributed by atoms with E-state index < -0.39 is 8.03 Å². The molecule has 6 heavy (non-hydrogen) atoms. The molecule has 36 valence electrons. The molecule has 0 rings (SSSR count). The van der Waals surface area contributed by atoms with Gasteiger partial charge in [0.05, 0.1) is 0 Å². The molecule has 0 aromatic heterocycles. The van der Waals surface area contributed by atoms with Crippen LogP contribution in [0.1, 0.15) is 0 Å². The van der Waals surface area contributed by atoms with Crippen LogP contribution in [0.5, 0.6) is 0 Å². The standard InChI is InChI=1S/C2H6NO2P/c3-1-2-6(4)5/h1-3H2/p+1. The molecule has 1 unspecified atom stereocenters. The number of hydrogen-bond acceptors (Lipinski definition) is 2. The van der Waals surface area contributed by atoms with E-state index in [9.17, 15) is 4.57 Å². The second kappa shape index (κ2) is 3.22. The molecule has 0 amide bonds. The minimum Gasteiger partial charge on any atom is -0.327 e. The van der Waals surface area contributed by atoms with Crippen LogP contribution in [0.4, 0.5) is 0 Å². The van der Waals surface area contributed by atoms with Crippen molar-refractivity contribution >= 4 is 8.03 Å². The van der Waals surface area contributed by atoms with E-state index in [0.29, 0.717) is 6.54 Å². The predicted octanol–water partition coefficient (Wildman–Crippen LogP) is -0.320. The van der Waals surface area contributed by atoms with Crippen molar-refractivity contribution in [3.8, 4) is 0 Å². The first kappa shape index (κ1) is 6.02. The van der Waals surface area contributed by atoms with Gasteiger partial charge in [-0.3, -0.25) is 0 Å². The zero-order valence-corrected chi connectivity index (χ0v) is 4.19. The summed E-state index contributed by atoms with van der Waals surface area (Å²) in [7, 11) is -1.98. The first-order chi connectivity index (χ1) is 2.77. The number of hydrogen-bond donors (Lipinski definition) is 2. The van der Waals surface area contributed by atoms with E-state index in [1.165, 1.54) is 0 Å². The molecule has 3 nitrogen and oxygen atoms in total. The van der Waals surface area contributed by atoms with E-state index in [1.54, 1.807) is 0 Å². The molecule has 0 heterocycles. The Balaban J connectivity index is 2.83. The van der Waals surface area contributed by atoms with Crippen LogP contribution < -0.4 is 5.73 Å². The van der Waals surface area contributed by atoms with Crippen molar-refractivity contribution < 1.29 is 9.46 Å². The summed E-state index contributed by atoms with van der Waals surface area (Å²) in [6.07, 6.45) is 0.218. The lowest BCUT2D eigenvalue weighted by molar-refractivity contribution is 0.503. The van der Waals surface area contributed by atoms with Gasteiger partial charge in [0.25, 0.3) is 0 Å². The Morgan fingerprint density at radius 1 is 1.83 bits per heavy atom. The summed E-state index contributed by atoms with van der Waals surface area (Å²) in [5.74, 6) is 0. The summed E-state index contributed by atoms with van der Waals surface area (Å²) in [4.78, 5) is 7.98. The van der Waals surface area contributed by atoms with Crippen LogP contribution in [0.25, 0.3) is 0 Å². The highest BCUT2D eigenvalue weighted by molar-refractivity contribution is 7.38. The average molecular weight is 108 g/mol. The van der Waals surface area contributed by atoms with Crippen LogP contribution in [0.15, 0.2) is 0 Å². The third-order valence-electron chi connectivity index (χ3n) is 0.320. The minimum atomic E-state index is -1.98. The van der Waals surface area contributed by atoms with Crippen molar-refractivity contribution in [1.82, 2.24) is 0 Å². The van der Waals surface area contributed by atoms with Crippen molar-refractivity contribution in [3.63, 3.8) is 0 Å². The van der Waals surface area contributed by atoms with Gasteiger partial charge in [-0.2, -0.15) is 4.89 Å². The van der Waals surface area contributed by atoms with Crippen molar-refractivity contribution in [2.75, 3.05) is 12.7 Å². The normalized spacial score (nSPS) is 11.3. The molecule has 0 aliphatic rings. The lowest BCUT2D eigenvalue weighted by atomic mass is 10.8. The van der Waals surface area contributed by atoms with Crippen LogP contribution in [-0.2, 0) is 4.57 Å². The molecule has 0 aromatic carbocycles. The molecule has 0 spiro atoms. The largest absolute Gasteiger partial charge is 0.506 e. The van der Waals surface area contributed by atoms with E-state index in [-0.39, 0.29) is 6.16 Å². The third kappa shape index (κ3) is 4.02. The Hall–Kier alpha value is 0.0200. The van der Waals surface area contributed by atoms with Crippen molar-refractivity contribution in [2.45, 2.75) is 0 Å². The number of rotatable bonds is 2. The Morgan fingerprint density at radius 2 is 2.33 bits per heavy atom. The van der Waals surface area contributed by atoms with Crippen molar-refractivity contribution in [3.05, 3.63) is 0 Å². The Morgan fingerprint density at radius 3 is 2.33 bits per heavy atom. The highest BCUT2D eigenvalue weighted by Crippen LogP contribution is 2.08. The highest BCUT2D eigenvalue weighted by atomic mass is 31.1. The fourth-order valence-electron chi connectivity index (χ4n) is 0.110. The molecule has 0 bridgehead atoms. The molecule has 0 aromatic rings. The van der Waals surface area contributed by atoms with Gasteiger partial charge in [0.2, 0.25) is 0 Å². The van der Waals surface area contributed by atoms with Gasteiger partial charge in [0, 0.05) is 6.54 Å². The average Bonchev–Trinajstić information content (AvgIpc) is 1.35. The maximum absolute atomic E-state index is 9.67. The molecular formula is C2H7NO2P+. The summed E-state index contributed by atoms with van der Waals surface area (Å²) in [6.45, 7) is 0.297. The zero-order chi connectivity index (χ0) is 4.99. The second-order valence-electron chi connectivity index (χ2n) is 0.864. The highest BCUT2D eigenvalue weighted by Gasteiger charge is 2.04. The van der Waals surface area contributed by atoms with E-state index in [4.69, 9.17) is 10.6 Å².